The predicted molar refractivity (Wildman–Crippen MR) is 95.5 cm³/mol. The number of aromatic amines is 1. The molecule has 0 bridgehead atoms. The molecule has 8 heteroatoms. The lowest BCUT2D eigenvalue weighted by molar-refractivity contribution is 0.0519. The third-order valence-electron chi connectivity index (χ3n) is 3.72. The molecule has 0 spiro atoms. The van der Waals surface area contributed by atoms with Crippen LogP contribution in [0.15, 0.2) is 48.5 Å². The lowest BCUT2D eigenvalue weighted by atomic mass is 10.1. The van der Waals surface area contributed by atoms with Crippen LogP contribution >= 0.6 is 0 Å². The highest BCUT2D eigenvalue weighted by molar-refractivity contribution is 5.93. The maximum atomic E-state index is 11.9. The van der Waals surface area contributed by atoms with Crippen LogP contribution in [0.2, 0.25) is 0 Å². The number of carbonyl (C=O) groups is 2. The topological polar surface area (TPSA) is 114 Å². The first-order valence-corrected chi connectivity index (χ1v) is 8.22. The van der Waals surface area contributed by atoms with Gasteiger partial charge in [-0.25, -0.2) is 9.59 Å². The number of carbonyl (C=O) groups excluding carboxylic acids is 1. The van der Waals surface area contributed by atoms with Crippen molar-refractivity contribution in [1.82, 2.24) is 15.4 Å². The predicted octanol–water partition coefficient (Wildman–Crippen LogP) is 2.93. The van der Waals surface area contributed by atoms with E-state index in [1.807, 2.05) is 0 Å². The molecule has 8 nitrogen and oxygen atoms in total. The highest BCUT2D eigenvalue weighted by Crippen LogP contribution is 2.23. The third-order valence-corrected chi connectivity index (χ3v) is 3.72. The highest BCUT2D eigenvalue weighted by atomic mass is 16.5. The minimum atomic E-state index is -0.980. The molecule has 0 fully saturated rings. The fourth-order valence-electron chi connectivity index (χ4n) is 2.44. The zero-order valence-corrected chi connectivity index (χ0v) is 14.5. The number of rotatable bonds is 7. The van der Waals surface area contributed by atoms with Gasteiger partial charge in [0.1, 0.15) is 18.1 Å². The average molecular weight is 367 g/mol. The van der Waals surface area contributed by atoms with Crippen molar-refractivity contribution in [1.29, 1.82) is 0 Å². The molecule has 138 valence electrons. The smallest absolute Gasteiger partial charge is 0.361 e. The fraction of sp³-hybridized carbons (Fsp3) is 0.158. The lowest BCUT2D eigenvalue weighted by Gasteiger charge is -2.08. The van der Waals surface area contributed by atoms with Crippen molar-refractivity contribution in [3.63, 3.8) is 0 Å². The molecular formula is C19H17N3O5. The summed E-state index contributed by atoms with van der Waals surface area (Å²) in [5.41, 5.74) is 2.17. The summed E-state index contributed by atoms with van der Waals surface area (Å²) in [6.45, 7) is 2.20. The van der Waals surface area contributed by atoms with Gasteiger partial charge in [0.25, 0.3) is 0 Å². The highest BCUT2D eigenvalue weighted by Gasteiger charge is 2.18. The number of ether oxygens (including phenoxy) is 2. The van der Waals surface area contributed by atoms with E-state index in [0.29, 0.717) is 17.0 Å². The van der Waals surface area contributed by atoms with Gasteiger partial charge in [-0.2, -0.15) is 10.3 Å². The quantitative estimate of drug-likeness (QED) is 0.617. The number of H-pyrrole nitrogens is 1. The number of esters is 1. The molecule has 0 saturated heterocycles. The summed E-state index contributed by atoms with van der Waals surface area (Å²) in [5.74, 6) is -0.924. The summed E-state index contributed by atoms with van der Waals surface area (Å²) < 4.78 is 10.6. The Hall–Kier alpha value is -3.68. The standard InChI is InChI=1S/C19H17N3O5/c1-2-26-19(25)17-16(20-22-21-17)13-6-8-15(9-7-13)27-11-12-4-3-5-14(10-12)18(23)24/h3-10H,2,11H2,1H3,(H,23,24)(H,20,21,22). The summed E-state index contributed by atoms with van der Waals surface area (Å²) >= 11 is 0. The van der Waals surface area contributed by atoms with Gasteiger partial charge in [0, 0.05) is 5.56 Å². The number of nitrogens with zero attached hydrogens (tertiary/aromatic N) is 2. The summed E-state index contributed by atoms with van der Waals surface area (Å²) in [5, 5.41) is 19.3. The van der Waals surface area contributed by atoms with Crippen molar-refractivity contribution in [3.8, 4) is 17.0 Å². The maximum absolute atomic E-state index is 11.9. The first-order valence-electron chi connectivity index (χ1n) is 8.22. The van der Waals surface area contributed by atoms with Crippen LogP contribution in [-0.2, 0) is 11.3 Å². The summed E-state index contributed by atoms with van der Waals surface area (Å²) in [6.07, 6.45) is 0. The molecule has 0 radical (unpaired) electrons. The van der Waals surface area contributed by atoms with Gasteiger partial charge in [0.05, 0.1) is 12.2 Å². The second kappa shape index (κ2) is 8.13. The van der Waals surface area contributed by atoms with E-state index in [4.69, 9.17) is 14.6 Å². The number of carboxylic acids is 1. The van der Waals surface area contributed by atoms with Gasteiger partial charge in [-0.3, -0.25) is 0 Å². The number of hydrogen-bond donors (Lipinski definition) is 2. The van der Waals surface area contributed by atoms with Crippen molar-refractivity contribution in [2.24, 2.45) is 0 Å². The molecule has 0 aliphatic rings. The molecule has 0 aliphatic heterocycles. The molecule has 0 saturated carbocycles. The van der Waals surface area contributed by atoms with Gasteiger partial charge in [0.2, 0.25) is 0 Å². The largest absolute Gasteiger partial charge is 0.489 e. The van der Waals surface area contributed by atoms with Gasteiger partial charge >= 0.3 is 11.9 Å². The van der Waals surface area contributed by atoms with E-state index in [1.165, 1.54) is 6.07 Å². The first-order chi connectivity index (χ1) is 13.1. The SMILES string of the molecule is CCOC(=O)c1n[nH]nc1-c1ccc(OCc2cccc(C(=O)O)c2)cc1. The molecule has 2 N–H and O–H groups in total. The second-order valence-electron chi connectivity index (χ2n) is 5.56. The van der Waals surface area contributed by atoms with Crippen LogP contribution in [0, 0.1) is 0 Å². The molecule has 0 unspecified atom stereocenters. The molecule has 0 amide bonds. The van der Waals surface area contributed by atoms with Crippen LogP contribution < -0.4 is 4.74 Å². The van der Waals surface area contributed by atoms with Crippen molar-refractivity contribution in [3.05, 3.63) is 65.4 Å². The molecule has 1 aromatic heterocycles. The second-order valence-corrected chi connectivity index (χ2v) is 5.56. The Morgan fingerprint density at radius 3 is 2.59 bits per heavy atom. The minimum Gasteiger partial charge on any atom is -0.489 e. The Morgan fingerprint density at radius 2 is 1.89 bits per heavy atom. The number of benzene rings is 2. The van der Waals surface area contributed by atoms with Crippen LogP contribution in [0.4, 0.5) is 0 Å². The summed E-state index contributed by atoms with van der Waals surface area (Å²) in [6, 6.07) is 13.5. The summed E-state index contributed by atoms with van der Waals surface area (Å²) in [4.78, 5) is 22.9. The van der Waals surface area contributed by atoms with E-state index in [2.05, 4.69) is 15.4 Å². The van der Waals surface area contributed by atoms with E-state index in [-0.39, 0.29) is 24.5 Å². The molecule has 0 atom stereocenters. The van der Waals surface area contributed by atoms with Gasteiger partial charge in [-0.1, -0.05) is 12.1 Å². The van der Waals surface area contributed by atoms with Crippen molar-refractivity contribution in [2.75, 3.05) is 6.61 Å². The van der Waals surface area contributed by atoms with E-state index < -0.39 is 11.9 Å². The Morgan fingerprint density at radius 1 is 1.11 bits per heavy atom. The molecule has 3 rings (SSSR count). The number of aromatic carboxylic acids is 1. The number of nitrogens with one attached hydrogen (secondary N) is 1. The van der Waals surface area contributed by atoms with E-state index in [9.17, 15) is 9.59 Å². The molecule has 27 heavy (non-hydrogen) atoms. The van der Waals surface area contributed by atoms with Crippen LogP contribution in [0.1, 0.15) is 33.3 Å². The van der Waals surface area contributed by atoms with E-state index in [1.54, 1.807) is 49.4 Å². The third kappa shape index (κ3) is 4.30. The Labute approximate surface area is 154 Å². The van der Waals surface area contributed by atoms with Crippen molar-refractivity contribution in [2.45, 2.75) is 13.5 Å². The zero-order valence-electron chi connectivity index (χ0n) is 14.5. The van der Waals surface area contributed by atoms with Gasteiger partial charge < -0.3 is 14.6 Å². The zero-order chi connectivity index (χ0) is 19.2. The van der Waals surface area contributed by atoms with Crippen LogP contribution in [0.3, 0.4) is 0 Å². The number of aromatic nitrogens is 3. The van der Waals surface area contributed by atoms with Gasteiger partial charge in [0.15, 0.2) is 5.69 Å². The molecular weight excluding hydrogens is 350 g/mol. The number of hydrogen-bond acceptors (Lipinski definition) is 6. The Kier molecular flexibility index (Phi) is 5.46. The molecule has 2 aromatic carbocycles. The van der Waals surface area contributed by atoms with Crippen molar-refractivity contribution >= 4 is 11.9 Å². The average Bonchev–Trinajstić information content (AvgIpc) is 3.17. The van der Waals surface area contributed by atoms with Gasteiger partial charge in [-0.05, 0) is 48.9 Å². The molecule has 0 aliphatic carbocycles. The van der Waals surface area contributed by atoms with E-state index >= 15 is 0 Å². The number of carboxylic acid groups (broad SMARTS) is 1. The summed E-state index contributed by atoms with van der Waals surface area (Å²) in [7, 11) is 0. The Balaban J connectivity index is 1.70. The fourth-order valence-corrected chi connectivity index (χ4v) is 2.44. The molecule has 1 heterocycles. The van der Waals surface area contributed by atoms with E-state index in [0.717, 1.165) is 5.56 Å². The Bertz CT molecular complexity index is 950. The monoisotopic (exact) mass is 367 g/mol. The van der Waals surface area contributed by atoms with Crippen molar-refractivity contribution < 1.29 is 24.2 Å². The maximum Gasteiger partial charge on any atom is 0.361 e. The van der Waals surface area contributed by atoms with Crippen LogP contribution in [0.25, 0.3) is 11.3 Å². The van der Waals surface area contributed by atoms with Crippen LogP contribution in [0.5, 0.6) is 5.75 Å². The minimum absolute atomic E-state index is 0.121. The lowest BCUT2D eigenvalue weighted by Crippen LogP contribution is -2.06. The molecule has 3 aromatic rings. The van der Waals surface area contributed by atoms with Gasteiger partial charge in [-0.15, -0.1) is 5.10 Å². The first kappa shape index (κ1) is 18.1. The van der Waals surface area contributed by atoms with Crippen LogP contribution in [-0.4, -0.2) is 39.1 Å². The normalized spacial score (nSPS) is 10.4.